The van der Waals surface area contributed by atoms with Crippen LogP contribution in [-0.4, -0.2) is 28.8 Å². The van der Waals surface area contributed by atoms with E-state index in [1.807, 2.05) is 6.07 Å². The van der Waals surface area contributed by atoms with E-state index in [2.05, 4.69) is 20.6 Å². The number of nitrogens with one attached hydrogen (secondary N) is 2. The fourth-order valence-electron chi connectivity index (χ4n) is 2.44. The van der Waals surface area contributed by atoms with E-state index >= 15 is 0 Å². The van der Waals surface area contributed by atoms with Gasteiger partial charge in [0.1, 0.15) is 5.82 Å². The molecule has 0 saturated heterocycles. The number of anilines is 4. The van der Waals surface area contributed by atoms with E-state index in [-0.39, 0.29) is 11.7 Å². The Labute approximate surface area is 166 Å². The average molecular weight is 397 g/mol. The van der Waals surface area contributed by atoms with Crippen LogP contribution >= 0.6 is 11.6 Å². The zero-order chi connectivity index (χ0) is 20.1. The quantitative estimate of drug-likeness (QED) is 0.464. The lowest BCUT2D eigenvalue weighted by Gasteiger charge is -2.11. The SMILES string of the molecule is COC(=O)c1ccc(Cl)c(Nc2nccc(Nc3cccc(C(C)=O)c3)n2)c1. The molecule has 0 atom stereocenters. The minimum absolute atomic E-state index is 0.0196. The molecular formula is C20H17ClN4O3. The Kier molecular flexibility index (Phi) is 5.86. The molecule has 3 rings (SSSR count). The van der Waals surface area contributed by atoms with Crippen molar-refractivity contribution in [2.75, 3.05) is 17.7 Å². The van der Waals surface area contributed by atoms with Crippen molar-refractivity contribution in [3.63, 3.8) is 0 Å². The monoisotopic (exact) mass is 396 g/mol. The highest BCUT2D eigenvalue weighted by Gasteiger charge is 2.10. The normalized spacial score (nSPS) is 10.2. The summed E-state index contributed by atoms with van der Waals surface area (Å²) in [4.78, 5) is 31.8. The number of hydrogen-bond donors (Lipinski definition) is 2. The van der Waals surface area contributed by atoms with Gasteiger partial charge in [0.2, 0.25) is 5.95 Å². The molecule has 3 aromatic rings. The molecule has 0 amide bonds. The Bertz CT molecular complexity index is 1040. The van der Waals surface area contributed by atoms with Crippen LogP contribution in [0.2, 0.25) is 5.02 Å². The van der Waals surface area contributed by atoms with Crippen LogP contribution in [-0.2, 0) is 4.74 Å². The van der Waals surface area contributed by atoms with Gasteiger partial charge in [-0.3, -0.25) is 4.79 Å². The summed E-state index contributed by atoms with van der Waals surface area (Å²) in [6.45, 7) is 1.51. The van der Waals surface area contributed by atoms with Crippen LogP contribution in [0.4, 0.5) is 23.1 Å². The molecule has 0 unspecified atom stereocenters. The van der Waals surface area contributed by atoms with Crippen molar-refractivity contribution in [2.45, 2.75) is 6.92 Å². The maximum Gasteiger partial charge on any atom is 0.337 e. The van der Waals surface area contributed by atoms with E-state index in [4.69, 9.17) is 16.3 Å². The fourth-order valence-corrected chi connectivity index (χ4v) is 2.60. The fraction of sp³-hybridized carbons (Fsp3) is 0.100. The van der Waals surface area contributed by atoms with Crippen LogP contribution in [0.1, 0.15) is 27.6 Å². The summed E-state index contributed by atoms with van der Waals surface area (Å²) in [7, 11) is 1.31. The van der Waals surface area contributed by atoms with Gasteiger partial charge in [-0.15, -0.1) is 0 Å². The topological polar surface area (TPSA) is 93.2 Å². The minimum atomic E-state index is -0.471. The number of aromatic nitrogens is 2. The lowest BCUT2D eigenvalue weighted by Crippen LogP contribution is -2.04. The Morgan fingerprint density at radius 3 is 2.61 bits per heavy atom. The van der Waals surface area contributed by atoms with Gasteiger partial charge in [-0.2, -0.15) is 4.98 Å². The molecule has 1 heterocycles. The molecule has 2 aromatic carbocycles. The van der Waals surface area contributed by atoms with Crippen molar-refractivity contribution in [3.8, 4) is 0 Å². The average Bonchev–Trinajstić information content (AvgIpc) is 2.69. The van der Waals surface area contributed by atoms with Gasteiger partial charge in [0.25, 0.3) is 0 Å². The zero-order valence-electron chi connectivity index (χ0n) is 15.2. The molecule has 0 radical (unpaired) electrons. The first kappa shape index (κ1) is 19.3. The Morgan fingerprint density at radius 1 is 1.04 bits per heavy atom. The van der Waals surface area contributed by atoms with E-state index in [1.54, 1.807) is 48.7 Å². The van der Waals surface area contributed by atoms with Crippen LogP contribution in [0, 0.1) is 0 Å². The summed E-state index contributed by atoms with van der Waals surface area (Å²) in [5, 5.41) is 6.53. The second-order valence-corrected chi connectivity index (χ2v) is 6.25. The maximum absolute atomic E-state index is 11.7. The van der Waals surface area contributed by atoms with Crippen molar-refractivity contribution < 1.29 is 14.3 Å². The summed E-state index contributed by atoms with van der Waals surface area (Å²) in [5.41, 5.74) is 2.15. The molecule has 0 spiro atoms. The standard InChI is InChI=1S/C20H17ClN4O3/c1-12(26)13-4-3-5-15(10-13)23-18-8-9-22-20(25-18)24-17-11-14(19(27)28-2)6-7-16(17)21/h3-11H,1-2H3,(H2,22,23,24,25). The number of nitrogens with zero attached hydrogens (tertiary/aromatic N) is 2. The third-order valence-corrected chi connectivity index (χ3v) is 4.16. The molecule has 0 aliphatic heterocycles. The highest BCUT2D eigenvalue weighted by Crippen LogP contribution is 2.26. The van der Waals surface area contributed by atoms with Crippen molar-refractivity contribution >= 4 is 46.5 Å². The van der Waals surface area contributed by atoms with Crippen molar-refractivity contribution in [2.24, 2.45) is 0 Å². The molecule has 8 heteroatoms. The van der Waals surface area contributed by atoms with Gasteiger partial charge < -0.3 is 15.4 Å². The summed E-state index contributed by atoms with van der Waals surface area (Å²) >= 11 is 6.19. The van der Waals surface area contributed by atoms with E-state index < -0.39 is 5.97 Å². The van der Waals surface area contributed by atoms with Gasteiger partial charge in [-0.25, -0.2) is 9.78 Å². The van der Waals surface area contributed by atoms with Crippen molar-refractivity contribution in [1.82, 2.24) is 9.97 Å². The highest BCUT2D eigenvalue weighted by molar-refractivity contribution is 6.33. The molecular weight excluding hydrogens is 380 g/mol. The number of halogens is 1. The molecule has 0 saturated carbocycles. The number of esters is 1. The first-order valence-electron chi connectivity index (χ1n) is 8.32. The number of benzene rings is 2. The molecule has 1 aromatic heterocycles. The first-order chi connectivity index (χ1) is 13.5. The van der Waals surface area contributed by atoms with Crippen LogP contribution in [0.15, 0.2) is 54.7 Å². The summed E-state index contributed by atoms with van der Waals surface area (Å²) < 4.78 is 4.72. The number of rotatable bonds is 6. The number of ether oxygens (including phenoxy) is 1. The smallest absolute Gasteiger partial charge is 0.337 e. The number of methoxy groups -OCH3 is 1. The summed E-state index contributed by atoms with van der Waals surface area (Å²) in [6, 6.07) is 13.5. The van der Waals surface area contributed by atoms with Gasteiger partial charge in [0.15, 0.2) is 5.78 Å². The van der Waals surface area contributed by atoms with E-state index in [0.717, 1.165) is 5.69 Å². The second-order valence-electron chi connectivity index (χ2n) is 5.84. The summed E-state index contributed by atoms with van der Waals surface area (Å²) in [6.07, 6.45) is 1.57. The minimum Gasteiger partial charge on any atom is -0.465 e. The second kappa shape index (κ2) is 8.49. The molecule has 7 nitrogen and oxygen atoms in total. The molecule has 2 N–H and O–H groups in total. The van der Waals surface area contributed by atoms with Crippen LogP contribution in [0.3, 0.4) is 0 Å². The number of ketones is 1. The number of hydrogen-bond acceptors (Lipinski definition) is 7. The van der Waals surface area contributed by atoms with Gasteiger partial charge in [-0.05, 0) is 43.3 Å². The van der Waals surface area contributed by atoms with Crippen LogP contribution < -0.4 is 10.6 Å². The number of carbonyl (C=O) groups excluding carboxylic acids is 2. The Balaban J connectivity index is 1.81. The predicted molar refractivity (Wildman–Crippen MR) is 108 cm³/mol. The molecule has 0 aliphatic carbocycles. The number of carbonyl (C=O) groups is 2. The lowest BCUT2D eigenvalue weighted by molar-refractivity contribution is 0.0600. The third kappa shape index (κ3) is 4.63. The predicted octanol–water partition coefficient (Wildman–Crippen LogP) is 4.61. The first-order valence-corrected chi connectivity index (χ1v) is 8.70. The van der Waals surface area contributed by atoms with Gasteiger partial charge in [0, 0.05) is 17.4 Å². The largest absolute Gasteiger partial charge is 0.465 e. The molecule has 28 heavy (non-hydrogen) atoms. The zero-order valence-corrected chi connectivity index (χ0v) is 15.9. The van der Waals surface area contributed by atoms with E-state index in [0.29, 0.717) is 27.7 Å². The van der Waals surface area contributed by atoms with Crippen molar-refractivity contribution in [3.05, 3.63) is 70.9 Å². The molecule has 0 aliphatic rings. The van der Waals surface area contributed by atoms with Crippen LogP contribution in [0.25, 0.3) is 0 Å². The van der Waals surface area contributed by atoms with E-state index in [9.17, 15) is 9.59 Å². The summed E-state index contributed by atoms with van der Waals surface area (Å²) in [5.74, 6) is 0.324. The Morgan fingerprint density at radius 2 is 1.86 bits per heavy atom. The number of Topliss-reactive ketones (excluding diaryl/α,β-unsaturated/α-hetero) is 1. The van der Waals surface area contributed by atoms with Crippen molar-refractivity contribution in [1.29, 1.82) is 0 Å². The van der Waals surface area contributed by atoms with Gasteiger partial charge in [0.05, 0.1) is 23.4 Å². The molecule has 0 fully saturated rings. The maximum atomic E-state index is 11.7. The lowest BCUT2D eigenvalue weighted by atomic mass is 10.1. The van der Waals surface area contributed by atoms with E-state index in [1.165, 1.54) is 14.0 Å². The third-order valence-electron chi connectivity index (χ3n) is 3.83. The Hall–Kier alpha value is -3.45. The molecule has 142 valence electrons. The molecule has 0 bridgehead atoms. The van der Waals surface area contributed by atoms with Gasteiger partial charge >= 0.3 is 5.97 Å². The highest BCUT2D eigenvalue weighted by atomic mass is 35.5. The van der Waals surface area contributed by atoms with Gasteiger partial charge in [-0.1, -0.05) is 23.7 Å². The van der Waals surface area contributed by atoms with Crippen LogP contribution in [0.5, 0.6) is 0 Å².